The number of aromatic nitrogens is 1. The molecule has 120 valence electrons. The van der Waals surface area contributed by atoms with Crippen molar-refractivity contribution < 1.29 is 14.3 Å². The number of hydrogen-bond donors (Lipinski definition) is 0. The number of pyridine rings is 1. The summed E-state index contributed by atoms with van der Waals surface area (Å²) < 4.78 is 11.6. The van der Waals surface area contributed by atoms with Crippen LogP contribution in [0, 0.1) is 0 Å². The first-order valence-corrected chi connectivity index (χ1v) is 8.58. The van der Waals surface area contributed by atoms with Gasteiger partial charge in [0, 0.05) is 25.8 Å². The maximum absolute atomic E-state index is 12.8. The molecule has 3 atom stereocenters. The van der Waals surface area contributed by atoms with Gasteiger partial charge in [-0.3, -0.25) is 4.79 Å². The van der Waals surface area contributed by atoms with E-state index in [1.807, 2.05) is 36.9 Å². The fraction of sp³-hybridized carbons (Fsp3) is 0.625. The van der Waals surface area contributed by atoms with E-state index in [4.69, 9.17) is 9.47 Å². The zero-order valence-corrected chi connectivity index (χ0v) is 13.8. The second-order valence-electron chi connectivity index (χ2n) is 6.06. The van der Waals surface area contributed by atoms with Crippen molar-refractivity contribution in [2.75, 3.05) is 26.3 Å². The van der Waals surface area contributed by atoms with Gasteiger partial charge in [-0.25, -0.2) is 4.98 Å². The lowest BCUT2D eigenvalue weighted by molar-refractivity contribution is -0.165. The van der Waals surface area contributed by atoms with Gasteiger partial charge in [-0.15, -0.1) is 0 Å². The Bertz CT molecular complexity index is 519. The molecule has 0 radical (unpaired) electrons. The van der Waals surface area contributed by atoms with Gasteiger partial charge in [0.25, 0.3) is 0 Å². The van der Waals surface area contributed by atoms with Gasteiger partial charge in [0.1, 0.15) is 5.60 Å². The summed E-state index contributed by atoms with van der Waals surface area (Å²) in [5, 5.41) is 0.725. The van der Waals surface area contributed by atoms with Gasteiger partial charge in [0.15, 0.2) is 0 Å². The molecule has 22 heavy (non-hydrogen) atoms. The van der Waals surface area contributed by atoms with Gasteiger partial charge in [0.05, 0.1) is 29.5 Å². The molecule has 0 N–H and O–H groups in total. The van der Waals surface area contributed by atoms with E-state index in [1.165, 1.54) is 11.8 Å². The largest absolute Gasteiger partial charge is 0.378 e. The summed E-state index contributed by atoms with van der Waals surface area (Å²) >= 11 is 1.50. The van der Waals surface area contributed by atoms with Crippen molar-refractivity contribution in [2.45, 2.75) is 42.2 Å². The predicted octanol–water partition coefficient (Wildman–Crippen LogP) is 1.97. The molecular weight excluding hydrogens is 300 g/mol. The molecule has 6 heteroatoms. The van der Waals surface area contributed by atoms with Crippen molar-refractivity contribution >= 4 is 17.7 Å². The summed E-state index contributed by atoms with van der Waals surface area (Å²) in [5.41, 5.74) is -0.303. The van der Waals surface area contributed by atoms with Gasteiger partial charge < -0.3 is 14.4 Å². The van der Waals surface area contributed by atoms with Crippen LogP contribution in [0.2, 0.25) is 0 Å². The Balaban J connectivity index is 1.65. The molecular formula is C16H22N2O3S. The quantitative estimate of drug-likeness (QED) is 0.796. The number of hydrogen-bond acceptors (Lipinski definition) is 5. The lowest BCUT2D eigenvalue weighted by Gasteiger charge is -2.43. The highest BCUT2D eigenvalue weighted by molar-refractivity contribution is 8.00. The van der Waals surface area contributed by atoms with Crippen molar-refractivity contribution in [3.05, 3.63) is 24.4 Å². The summed E-state index contributed by atoms with van der Waals surface area (Å²) in [6.45, 7) is 6.54. The highest BCUT2D eigenvalue weighted by Gasteiger charge is 2.44. The van der Waals surface area contributed by atoms with Crippen molar-refractivity contribution in [2.24, 2.45) is 0 Å². The van der Waals surface area contributed by atoms with Crippen molar-refractivity contribution in [3.8, 4) is 0 Å². The lowest BCUT2D eigenvalue weighted by atomic mass is 9.99. The van der Waals surface area contributed by atoms with Gasteiger partial charge in [-0.05, 0) is 26.0 Å². The number of rotatable bonds is 3. The van der Waals surface area contributed by atoms with Gasteiger partial charge in [-0.1, -0.05) is 17.8 Å². The van der Waals surface area contributed by atoms with Crippen LogP contribution in [-0.2, 0) is 14.3 Å². The molecule has 0 aliphatic carbocycles. The van der Waals surface area contributed by atoms with Gasteiger partial charge in [0.2, 0.25) is 5.91 Å². The Labute approximate surface area is 135 Å². The fourth-order valence-corrected chi connectivity index (χ4v) is 3.99. The van der Waals surface area contributed by atoms with E-state index in [-0.39, 0.29) is 22.9 Å². The Morgan fingerprint density at radius 2 is 2.41 bits per heavy atom. The molecule has 1 aromatic heterocycles. The molecule has 0 aromatic carbocycles. The molecule has 2 aliphatic heterocycles. The molecule has 3 rings (SSSR count). The third kappa shape index (κ3) is 3.45. The zero-order chi connectivity index (χ0) is 15.6. The number of thioether (sulfide) groups is 1. The Morgan fingerprint density at radius 1 is 1.55 bits per heavy atom. The first-order chi connectivity index (χ1) is 10.6. The molecule has 0 saturated carbocycles. The van der Waals surface area contributed by atoms with Crippen molar-refractivity contribution in [3.63, 3.8) is 0 Å². The summed E-state index contributed by atoms with van der Waals surface area (Å²) in [6, 6.07) is 5.75. The molecule has 3 heterocycles. The standard InChI is InChI=1S/C16H22N2O3S/c1-12-9-18(10-16(21-12)6-8-20-11-16)15(19)13(2)22-14-5-3-4-7-17-14/h3-5,7,12-13H,6,8-11H2,1-2H3/t12-,13+,16-/m1/s1. The Morgan fingerprint density at radius 3 is 3.09 bits per heavy atom. The third-order valence-corrected chi connectivity index (χ3v) is 5.11. The smallest absolute Gasteiger partial charge is 0.236 e. The average molecular weight is 322 g/mol. The van der Waals surface area contributed by atoms with Crippen LogP contribution in [-0.4, -0.2) is 59.0 Å². The van der Waals surface area contributed by atoms with E-state index in [1.54, 1.807) is 6.20 Å². The lowest BCUT2D eigenvalue weighted by Crippen LogP contribution is -2.58. The molecule has 5 nitrogen and oxygen atoms in total. The maximum atomic E-state index is 12.8. The molecule has 0 unspecified atom stereocenters. The fourth-order valence-electron chi connectivity index (χ4n) is 3.10. The van der Waals surface area contributed by atoms with E-state index in [0.717, 1.165) is 11.4 Å². The third-order valence-electron chi connectivity index (χ3n) is 4.07. The molecule has 0 bridgehead atoms. The van der Waals surface area contributed by atoms with Crippen LogP contribution >= 0.6 is 11.8 Å². The molecule has 1 spiro atoms. The predicted molar refractivity (Wildman–Crippen MR) is 84.9 cm³/mol. The minimum Gasteiger partial charge on any atom is -0.378 e. The van der Waals surface area contributed by atoms with Crippen LogP contribution in [0.1, 0.15) is 20.3 Å². The van der Waals surface area contributed by atoms with Crippen LogP contribution in [0.3, 0.4) is 0 Å². The summed E-state index contributed by atoms with van der Waals surface area (Å²) in [7, 11) is 0. The minimum absolute atomic E-state index is 0.0476. The normalized spacial score (nSPS) is 29.7. The summed E-state index contributed by atoms with van der Waals surface area (Å²) in [6.07, 6.45) is 2.66. The van der Waals surface area contributed by atoms with Gasteiger partial charge >= 0.3 is 0 Å². The molecule has 1 amide bonds. The number of nitrogens with zero attached hydrogens (tertiary/aromatic N) is 2. The SMILES string of the molecule is C[C@@H]1CN(C(=O)[C@H](C)Sc2ccccn2)C[C@@]2(CCOC2)O1. The number of carbonyl (C=O) groups is 1. The van der Waals surface area contributed by atoms with Gasteiger partial charge in [-0.2, -0.15) is 0 Å². The summed E-state index contributed by atoms with van der Waals surface area (Å²) in [5.74, 6) is 0.150. The Hall–Kier alpha value is -1.11. The maximum Gasteiger partial charge on any atom is 0.236 e. The van der Waals surface area contributed by atoms with Crippen LogP contribution in [0.4, 0.5) is 0 Å². The first kappa shape index (κ1) is 15.8. The highest BCUT2D eigenvalue weighted by atomic mass is 32.2. The second kappa shape index (κ2) is 6.56. The number of ether oxygens (including phenoxy) is 2. The topological polar surface area (TPSA) is 51.7 Å². The van der Waals surface area contributed by atoms with E-state index in [9.17, 15) is 4.79 Å². The molecule has 2 aliphatic rings. The van der Waals surface area contributed by atoms with Crippen LogP contribution in [0.15, 0.2) is 29.4 Å². The molecule has 1 aromatic rings. The number of carbonyl (C=O) groups excluding carboxylic acids is 1. The minimum atomic E-state index is -0.303. The van der Waals surface area contributed by atoms with E-state index in [2.05, 4.69) is 4.98 Å². The monoisotopic (exact) mass is 322 g/mol. The molecule has 2 fully saturated rings. The van der Waals surface area contributed by atoms with Crippen molar-refractivity contribution in [1.82, 2.24) is 9.88 Å². The van der Waals surface area contributed by atoms with E-state index < -0.39 is 0 Å². The van der Waals surface area contributed by atoms with E-state index in [0.29, 0.717) is 26.3 Å². The molecule has 2 saturated heterocycles. The van der Waals surface area contributed by atoms with Crippen LogP contribution in [0.25, 0.3) is 0 Å². The van der Waals surface area contributed by atoms with Crippen LogP contribution < -0.4 is 0 Å². The van der Waals surface area contributed by atoms with E-state index >= 15 is 0 Å². The Kier molecular flexibility index (Phi) is 4.70. The second-order valence-corrected chi connectivity index (χ2v) is 7.42. The van der Waals surface area contributed by atoms with Crippen LogP contribution in [0.5, 0.6) is 0 Å². The first-order valence-electron chi connectivity index (χ1n) is 7.70. The highest BCUT2D eigenvalue weighted by Crippen LogP contribution is 2.31. The summed E-state index contributed by atoms with van der Waals surface area (Å²) in [4.78, 5) is 19.0. The van der Waals surface area contributed by atoms with Crippen molar-refractivity contribution in [1.29, 1.82) is 0 Å². The number of amides is 1. The zero-order valence-electron chi connectivity index (χ0n) is 13.0. The average Bonchev–Trinajstić information content (AvgIpc) is 2.94. The number of morpholine rings is 1.